The van der Waals surface area contributed by atoms with Crippen molar-refractivity contribution < 1.29 is 4.79 Å². The Bertz CT molecular complexity index is 266. The topological polar surface area (TPSA) is 44.4 Å². The molecule has 0 spiro atoms. The van der Waals surface area contributed by atoms with Gasteiger partial charge in [0.05, 0.1) is 13.1 Å². The molecule has 4 nitrogen and oxygen atoms in total. The van der Waals surface area contributed by atoms with Crippen LogP contribution in [0.25, 0.3) is 0 Å². The van der Waals surface area contributed by atoms with Crippen LogP contribution in [0.3, 0.4) is 0 Å². The Morgan fingerprint density at radius 3 is 3.06 bits per heavy atom. The van der Waals surface area contributed by atoms with Gasteiger partial charge in [-0.1, -0.05) is 12.8 Å². The molecule has 1 heterocycles. The van der Waals surface area contributed by atoms with Crippen molar-refractivity contribution in [3.05, 3.63) is 0 Å². The zero-order chi connectivity index (χ0) is 12.5. The highest BCUT2D eigenvalue weighted by atomic mass is 16.2. The fourth-order valence-corrected chi connectivity index (χ4v) is 2.16. The van der Waals surface area contributed by atoms with Crippen LogP contribution in [0.1, 0.15) is 19.8 Å². The van der Waals surface area contributed by atoms with Crippen LogP contribution in [0.15, 0.2) is 0 Å². The number of amides is 1. The maximum Gasteiger partial charge on any atom is 0.234 e. The second-order valence-corrected chi connectivity index (χ2v) is 4.52. The smallest absolute Gasteiger partial charge is 0.234 e. The minimum Gasteiger partial charge on any atom is -0.344 e. The van der Waals surface area contributed by atoms with E-state index in [0.717, 1.165) is 26.2 Å². The Labute approximate surface area is 104 Å². The van der Waals surface area contributed by atoms with Crippen molar-refractivity contribution in [3.8, 4) is 12.3 Å². The summed E-state index contributed by atoms with van der Waals surface area (Å²) in [6.07, 6.45) is 7.60. The van der Waals surface area contributed by atoms with Crippen LogP contribution in [-0.2, 0) is 4.79 Å². The van der Waals surface area contributed by atoms with Crippen molar-refractivity contribution in [2.75, 3.05) is 39.3 Å². The molecule has 0 radical (unpaired) electrons. The summed E-state index contributed by atoms with van der Waals surface area (Å²) < 4.78 is 0. The lowest BCUT2D eigenvalue weighted by atomic mass is 9.99. The second-order valence-electron chi connectivity index (χ2n) is 4.52. The predicted octanol–water partition coefficient (Wildman–Crippen LogP) is 0.0573. The van der Waals surface area contributed by atoms with Gasteiger partial charge in [-0.15, -0.1) is 6.42 Å². The first-order valence-corrected chi connectivity index (χ1v) is 6.39. The van der Waals surface area contributed by atoms with Crippen LogP contribution in [0.4, 0.5) is 0 Å². The van der Waals surface area contributed by atoms with E-state index in [1.54, 1.807) is 0 Å². The molecule has 1 amide bonds. The zero-order valence-electron chi connectivity index (χ0n) is 10.7. The van der Waals surface area contributed by atoms with Gasteiger partial charge in [-0.2, -0.15) is 0 Å². The van der Waals surface area contributed by atoms with Crippen molar-refractivity contribution in [2.45, 2.75) is 19.8 Å². The quantitative estimate of drug-likeness (QED) is 0.642. The van der Waals surface area contributed by atoms with E-state index in [9.17, 15) is 4.79 Å². The number of terminal acetylenes is 1. The van der Waals surface area contributed by atoms with Gasteiger partial charge in [0.2, 0.25) is 5.91 Å². The van der Waals surface area contributed by atoms with Crippen molar-refractivity contribution in [1.82, 2.24) is 15.5 Å². The van der Waals surface area contributed by atoms with E-state index in [1.807, 2.05) is 0 Å². The normalized spacial score (nSPS) is 19.9. The van der Waals surface area contributed by atoms with Crippen LogP contribution in [0.2, 0.25) is 0 Å². The van der Waals surface area contributed by atoms with Gasteiger partial charge in [-0.3, -0.25) is 9.69 Å². The van der Waals surface area contributed by atoms with Crippen molar-refractivity contribution >= 4 is 5.91 Å². The molecule has 1 aliphatic heterocycles. The summed E-state index contributed by atoms with van der Waals surface area (Å²) in [5.41, 5.74) is 0. The molecule has 1 rings (SSSR count). The minimum atomic E-state index is 0.0218. The van der Waals surface area contributed by atoms with Gasteiger partial charge >= 0.3 is 0 Å². The number of hydrogen-bond donors (Lipinski definition) is 2. The zero-order valence-corrected chi connectivity index (χ0v) is 10.7. The number of carbonyl (C=O) groups is 1. The average Bonchev–Trinajstić information content (AvgIpc) is 2.36. The number of rotatable bonds is 6. The molecule has 96 valence electrons. The van der Waals surface area contributed by atoms with Crippen LogP contribution in [0.5, 0.6) is 0 Å². The lowest BCUT2D eigenvalue weighted by molar-refractivity contribution is -0.122. The van der Waals surface area contributed by atoms with Crippen LogP contribution in [0, 0.1) is 18.3 Å². The number of piperidine rings is 1. The molecule has 0 aromatic carbocycles. The lowest BCUT2D eigenvalue weighted by Gasteiger charge is -2.28. The molecule has 0 aromatic rings. The molecular weight excluding hydrogens is 214 g/mol. The lowest BCUT2D eigenvalue weighted by Crippen LogP contribution is -2.42. The van der Waals surface area contributed by atoms with E-state index < -0.39 is 0 Å². The van der Waals surface area contributed by atoms with E-state index in [1.165, 1.54) is 12.8 Å². The summed E-state index contributed by atoms with van der Waals surface area (Å²) in [4.78, 5) is 13.7. The summed E-state index contributed by atoms with van der Waals surface area (Å²) in [5.74, 6) is 3.10. The monoisotopic (exact) mass is 237 g/mol. The summed E-state index contributed by atoms with van der Waals surface area (Å²) in [6.45, 7) is 6.96. The van der Waals surface area contributed by atoms with Crippen LogP contribution < -0.4 is 10.6 Å². The summed E-state index contributed by atoms with van der Waals surface area (Å²) in [6, 6.07) is 0. The van der Waals surface area contributed by atoms with E-state index >= 15 is 0 Å². The Morgan fingerprint density at radius 1 is 1.65 bits per heavy atom. The third-order valence-electron chi connectivity index (χ3n) is 3.12. The number of hydrogen-bond acceptors (Lipinski definition) is 3. The minimum absolute atomic E-state index is 0.0218. The van der Waals surface area contributed by atoms with E-state index in [4.69, 9.17) is 6.42 Å². The number of nitrogens with zero attached hydrogens (tertiary/aromatic N) is 1. The molecule has 2 N–H and O–H groups in total. The maximum atomic E-state index is 11.5. The van der Waals surface area contributed by atoms with E-state index in [0.29, 0.717) is 19.0 Å². The Kier molecular flexibility index (Phi) is 6.68. The highest BCUT2D eigenvalue weighted by molar-refractivity contribution is 5.78. The molecule has 4 heteroatoms. The molecule has 0 aliphatic carbocycles. The fraction of sp³-hybridized carbons (Fsp3) is 0.769. The van der Waals surface area contributed by atoms with Crippen molar-refractivity contribution in [1.29, 1.82) is 0 Å². The Balaban J connectivity index is 2.27. The van der Waals surface area contributed by atoms with Gasteiger partial charge < -0.3 is 10.6 Å². The molecule has 1 atom stereocenters. The standard InChI is InChI=1S/C13H23N3O/c1-3-7-15-13(17)11-16(4-2)10-12-6-5-8-14-9-12/h1,12,14H,4-11H2,2H3,(H,15,17). The highest BCUT2D eigenvalue weighted by Gasteiger charge is 2.17. The Morgan fingerprint density at radius 2 is 2.47 bits per heavy atom. The van der Waals surface area contributed by atoms with E-state index in [2.05, 4.69) is 28.4 Å². The SMILES string of the molecule is C#CCNC(=O)CN(CC)CC1CCCNC1. The van der Waals surface area contributed by atoms with Crippen LogP contribution in [-0.4, -0.2) is 50.1 Å². The molecule has 0 saturated carbocycles. The number of carbonyl (C=O) groups excluding carboxylic acids is 1. The van der Waals surface area contributed by atoms with Gasteiger partial charge in [0.1, 0.15) is 0 Å². The van der Waals surface area contributed by atoms with Gasteiger partial charge in [0, 0.05) is 6.54 Å². The fourth-order valence-electron chi connectivity index (χ4n) is 2.16. The molecule has 1 saturated heterocycles. The third kappa shape index (κ3) is 5.71. The molecule has 0 bridgehead atoms. The largest absolute Gasteiger partial charge is 0.344 e. The Hall–Kier alpha value is -1.05. The third-order valence-corrected chi connectivity index (χ3v) is 3.12. The average molecular weight is 237 g/mol. The summed E-state index contributed by atoms with van der Waals surface area (Å²) in [5, 5.41) is 6.10. The molecule has 1 aliphatic rings. The molecule has 1 unspecified atom stereocenters. The maximum absolute atomic E-state index is 11.5. The van der Waals surface area contributed by atoms with Gasteiger partial charge in [-0.25, -0.2) is 0 Å². The first-order chi connectivity index (χ1) is 8.26. The van der Waals surface area contributed by atoms with Gasteiger partial charge in [-0.05, 0) is 38.4 Å². The van der Waals surface area contributed by atoms with Crippen molar-refractivity contribution in [2.24, 2.45) is 5.92 Å². The van der Waals surface area contributed by atoms with Gasteiger partial charge in [0.25, 0.3) is 0 Å². The molecular formula is C13H23N3O. The number of nitrogens with one attached hydrogen (secondary N) is 2. The first-order valence-electron chi connectivity index (χ1n) is 6.39. The molecule has 0 aromatic heterocycles. The molecule has 1 fully saturated rings. The van der Waals surface area contributed by atoms with Crippen molar-refractivity contribution in [3.63, 3.8) is 0 Å². The highest BCUT2D eigenvalue weighted by Crippen LogP contribution is 2.11. The first kappa shape index (κ1) is 14.0. The molecule has 17 heavy (non-hydrogen) atoms. The van der Waals surface area contributed by atoms with Crippen LogP contribution >= 0.6 is 0 Å². The van der Waals surface area contributed by atoms with E-state index in [-0.39, 0.29) is 5.91 Å². The summed E-state index contributed by atoms with van der Waals surface area (Å²) >= 11 is 0. The summed E-state index contributed by atoms with van der Waals surface area (Å²) in [7, 11) is 0. The number of likely N-dealkylation sites (N-methyl/N-ethyl adjacent to an activating group) is 1. The van der Waals surface area contributed by atoms with Gasteiger partial charge in [0.15, 0.2) is 0 Å². The predicted molar refractivity (Wildman–Crippen MR) is 69.6 cm³/mol. The second kappa shape index (κ2) is 8.10.